The van der Waals surface area contributed by atoms with Crippen LogP contribution in [0, 0.1) is 0 Å². The molecule has 2 aliphatic rings. The molecular formula is C36H37O18+. The van der Waals surface area contributed by atoms with Crippen LogP contribution in [0.1, 0.15) is 5.56 Å². The highest BCUT2D eigenvalue weighted by Gasteiger charge is 2.47. The number of benzene rings is 3. The Balaban J connectivity index is 1.30. The molecule has 1 aromatic heterocycles. The van der Waals surface area contributed by atoms with Gasteiger partial charge in [-0.15, -0.1) is 0 Å². The van der Waals surface area contributed by atoms with E-state index in [1.165, 1.54) is 30.3 Å². The Labute approximate surface area is 304 Å². The number of carbonyl (C=O) groups excluding carboxylic acids is 1. The monoisotopic (exact) mass is 757 g/mol. The summed E-state index contributed by atoms with van der Waals surface area (Å²) in [4.78, 5) is 12.4. The fourth-order valence-electron chi connectivity index (χ4n) is 5.75. The lowest BCUT2D eigenvalue weighted by molar-refractivity contribution is -0.278. The Bertz CT molecular complexity index is 1980. The molecule has 3 heterocycles. The second kappa shape index (κ2) is 16.0. The van der Waals surface area contributed by atoms with Crippen molar-refractivity contribution in [1.29, 1.82) is 0 Å². The maximum absolute atomic E-state index is 12.4. The third-order valence-electron chi connectivity index (χ3n) is 8.74. The van der Waals surface area contributed by atoms with Crippen LogP contribution in [0.2, 0.25) is 0 Å². The number of aliphatic hydroxyl groups excluding tert-OH is 7. The Morgan fingerprint density at radius 3 is 1.96 bits per heavy atom. The van der Waals surface area contributed by atoms with Gasteiger partial charge in [0.05, 0.1) is 18.2 Å². The van der Waals surface area contributed by atoms with Crippen LogP contribution in [0.15, 0.2) is 71.2 Å². The minimum atomic E-state index is -1.89. The third-order valence-corrected chi connectivity index (χ3v) is 8.74. The molecule has 3 aromatic carbocycles. The zero-order valence-electron chi connectivity index (χ0n) is 27.9. The zero-order chi connectivity index (χ0) is 38.8. The molecule has 18 heteroatoms. The first-order valence-electron chi connectivity index (χ1n) is 16.4. The molecule has 0 radical (unpaired) electrons. The van der Waals surface area contributed by atoms with Crippen LogP contribution in [-0.4, -0.2) is 137 Å². The van der Waals surface area contributed by atoms with Gasteiger partial charge in [0, 0.05) is 24.3 Å². The van der Waals surface area contributed by atoms with Gasteiger partial charge in [-0.05, 0) is 35.9 Å². The first-order chi connectivity index (χ1) is 25.7. The number of hydrogen-bond acceptors (Lipinski definition) is 17. The van der Waals surface area contributed by atoms with Crippen LogP contribution < -0.4 is 9.47 Å². The first-order valence-corrected chi connectivity index (χ1v) is 16.4. The van der Waals surface area contributed by atoms with Gasteiger partial charge in [-0.1, -0.05) is 12.1 Å². The molecule has 18 nitrogen and oxygen atoms in total. The molecule has 0 unspecified atom stereocenters. The van der Waals surface area contributed by atoms with E-state index in [0.29, 0.717) is 5.56 Å². The molecule has 0 bridgehead atoms. The zero-order valence-corrected chi connectivity index (χ0v) is 27.9. The molecule has 6 rings (SSSR count). The maximum atomic E-state index is 12.4. The summed E-state index contributed by atoms with van der Waals surface area (Å²) in [6.07, 6.45) is -14.6. The molecule has 288 valence electrons. The van der Waals surface area contributed by atoms with Gasteiger partial charge in [-0.2, -0.15) is 0 Å². The normalized spacial score (nSPS) is 28.6. The van der Waals surface area contributed by atoms with Crippen molar-refractivity contribution in [1.82, 2.24) is 0 Å². The van der Waals surface area contributed by atoms with Gasteiger partial charge in [0.1, 0.15) is 78.1 Å². The van der Waals surface area contributed by atoms with Gasteiger partial charge in [0.15, 0.2) is 11.5 Å². The number of aliphatic hydroxyl groups is 7. The highest BCUT2D eigenvalue weighted by molar-refractivity contribution is 5.89. The summed E-state index contributed by atoms with van der Waals surface area (Å²) in [7, 11) is 0. The standard InChI is InChI=1S/C36H36O18/c37-13-25-28(43)30(45)32(47)36(53-25)52-24-12-19-22(50-34(24)16-4-7-20(40)21(41)9-16)10-18(39)11-23(19)51-35-33(48)31(46)29(44)26(54-35)14-49-27(42)8-3-15-1-5-17(38)6-2-15/h1-12,25-26,28-33,35-37,43-48H,13-14H2,(H3-,38,39,40,41,42)/p+1/t25-,26-,28+,29-,30+,31+,32-,33-,35-,36-/m1/s1. The second-order valence-electron chi connectivity index (χ2n) is 12.5. The van der Waals surface area contributed by atoms with Crippen LogP contribution in [0.3, 0.4) is 0 Å². The Hall–Kier alpha value is -5.28. The number of phenols is 4. The summed E-state index contributed by atoms with van der Waals surface area (Å²) in [6.45, 7) is -1.36. The number of aromatic hydroxyl groups is 4. The molecule has 11 N–H and O–H groups in total. The van der Waals surface area contributed by atoms with Gasteiger partial charge in [0.25, 0.3) is 0 Å². The van der Waals surface area contributed by atoms with Gasteiger partial charge < -0.3 is 79.9 Å². The topological polar surface area (TPSA) is 297 Å². The van der Waals surface area contributed by atoms with Crippen LogP contribution in [0.5, 0.6) is 34.5 Å². The van der Waals surface area contributed by atoms with Crippen molar-refractivity contribution < 1.29 is 89.1 Å². The molecule has 0 aliphatic carbocycles. The highest BCUT2D eigenvalue weighted by atomic mass is 16.7. The molecule has 4 aromatic rings. The SMILES string of the molecule is O=C(C=Cc1ccc(O)cc1)OC[C@H]1O[C@@H](Oc2cc(O)cc3[o+]c(-c4ccc(O)c(O)c4)c(O[C@@H]4O[C@H](CO)[C@H](O)[C@H](O)[C@H]4O)cc23)[C@H](O)[C@@H](O)[C@@H]1O. The summed E-state index contributed by atoms with van der Waals surface area (Å²) >= 11 is 0. The molecule has 0 spiro atoms. The average molecular weight is 758 g/mol. The highest BCUT2D eigenvalue weighted by Crippen LogP contribution is 2.43. The van der Waals surface area contributed by atoms with E-state index >= 15 is 0 Å². The maximum Gasteiger partial charge on any atom is 0.402 e. The van der Waals surface area contributed by atoms with E-state index in [2.05, 4.69) is 0 Å². The number of ether oxygens (including phenoxy) is 5. The molecular weight excluding hydrogens is 720 g/mol. The van der Waals surface area contributed by atoms with Gasteiger partial charge >= 0.3 is 17.3 Å². The quantitative estimate of drug-likeness (QED) is 0.0433. The summed E-state index contributed by atoms with van der Waals surface area (Å²) in [5, 5.41) is 113. The van der Waals surface area contributed by atoms with Crippen molar-refractivity contribution >= 4 is 23.0 Å². The minimum Gasteiger partial charge on any atom is -0.508 e. The van der Waals surface area contributed by atoms with Crippen LogP contribution in [0.25, 0.3) is 28.4 Å². The average Bonchev–Trinajstić information content (AvgIpc) is 3.15. The van der Waals surface area contributed by atoms with E-state index in [0.717, 1.165) is 30.3 Å². The number of rotatable bonds is 10. The molecule has 0 saturated carbocycles. The molecule has 2 saturated heterocycles. The second-order valence-corrected chi connectivity index (χ2v) is 12.5. The van der Waals surface area contributed by atoms with E-state index in [4.69, 9.17) is 28.1 Å². The predicted molar refractivity (Wildman–Crippen MR) is 181 cm³/mol. The fourth-order valence-corrected chi connectivity index (χ4v) is 5.75. The summed E-state index contributed by atoms with van der Waals surface area (Å²) < 4.78 is 34.2. The van der Waals surface area contributed by atoms with Crippen molar-refractivity contribution in [2.75, 3.05) is 13.2 Å². The summed E-state index contributed by atoms with van der Waals surface area (Å²) in [5.41, 5.74) is 0.562. The van der Waals surface area contributed by atoms with E-state index < -0.39 is 97.8 Å². The van der Waals surface area contributed by atoms with Crippen LogP contribution in [-0.2, 0) is 19.0 Å². The van der Waals surface area contributed by atoms with E-state index in [1.807, 2.05) is 0 Å². The van der Waals surface area contributed by atoms with Gasteiger partial charge in [-0.25, -0.2) is 9.21 Å². The van der Waals surface area contributed by atoms with Gasteiger partial charge in [0.2, 0.25) is 18.3 Å². The van der Waals surface area contributed by atoms with Crippen LogP contribution in [0.4, 0.5) is 0 Å². The van der Waals surface area contributed by atoms with Crippen molar-refractivity contribution in [3.05, 3.63) is 72.3 Å². The lowest BCUT2D eigenvalue weighted by Gasteiger charge is -2.40. The van der Waals surface area contributed by atoms with E-state index in [-0.39, 0.29) is 39.5 Å². The third kappa shape index (κ3) is 8.11. The summed E-state index contributed by atoms with van der Waals surface area (Å²) in [6, 6.07) is 13.0. The molecule has 54 heavy (non-hydrogen) atoms. The largest absolute Gasteiger partial charge is 0.508 e. The van der Waals surface area contributed by atoms with Crippen molar-refractivity contribution in [3.63, 3.8) is 0 Å². The van der Waals surface area contributed by atoms with E-state index in [9.17, 15) is 61.0 Å². The Morgan fingerprint density at radius 2 is 1.31 bits per heavy atom. The molecule has 2 fully saturated rings. The predicted octanol–water partition coefficient (Wildman–Crippen LogP) is -0.175. The lowest BCUT2D eigenvalue weighted by Crippen LogP contribution is -2.60. The lowest BCUT2D eigenvalue weighted by atomic mass is 9.99. The van der Waals surface area contributed by atoms with Crippen LogP contribution >= 0.6 is 0 Å². The van der Waals surface area contributed by atoms with E-state index in [1.54, 1.807) is 12.1 Å². The number of fused-ring (bicyclic) bond motifs is 1. The first kappa shape index (κ1) is 38.4. The number of phenolic OH excluding ortho intramolecular Hbond substituents is 4. The smallest absolute Gasteiger partial charge is 0.402 e. The molecule has 2 aliphatic heterocycles. The van der Waals surface area contributed by atoms with Crippen molar-refractivity contribution in [3.8, 4) is 45.8 Å². The Morgan fingerprint density at radius 1 is 0.685 bits per heavy atom. The Kier molecular flexibility index (Phi) is 11.4. The number of esters is 1. The molecule has 10 atom stereocenters. The van der Waals surface area contributed by atoms with Crippen molar-refractivity contribution in [2.24, 2.45) is 0 Å². The fraction of sp³-hybridized carbons (Fsp3) is 0.333. The minimum absolute atomic E-state index is 0.00195. The summed E-state index contributed by atoms with van der Waals surface area (Å²) in [5.74, 6) is -2.97. The van der Waals surface area contributed by atoms with Gasteiger partial charge in [-0.3, -0.25) is 0 Å². The molecule has 0 amide bonds. The number of hydrogen-bond donors (Lipinski definition) is 11. The van der Waals surface area contributed by atoms with Crippen molar-refractivity contribution in [2.45, 2.75) is 61.4 Å². The number of carbonyl (C=O) groups is 1.